The summed E-state index contributed by atoms with van der Waals surface area (Å²) in [4.78, 5) is 23.9. The monoisotopic (exact) mass is 318 g/mol. The smallest absolute Gasteiger partial charge is 0.309 e. The number of rotatable bonds is 5. The first-order valence-corrected chi connectivity index (χ1v) is 8.22. The number of carbonyl (C=O) groups is 2. The fourth-order valence-electron chi connectivity index (χ4n) is 2.78. The van der Waals surface area contributed by atoms with Gasteiger partial charge >= 0.3 is 11.9 Å². The van der Waals surface area contributed by atoms with Crippen LogP contribution in [0.15, 0.2) is 30.3 Å². The van der Waals surface area contributed by atoms with Crippen molar-refractivity contribution >= 4 is 11.9 Å². The lowest BCUT2D eigenvalue weighted by Crippen LogP contribution is -2.35. The van der Waals surface area contributed by atoms with E-state index in [0.29, 0.717) is 19.3 Å². The predicted molar refractivity (Wildman–Crippen MR) is 87.6 cm³/mol. The second-order valence-corrected chi connectivity index (χ2v) is 7.31. The average Bonchev–Trinajstić information content (AvgIpc) is 2.41. The van der Waals surface area contributed by atoms with Gasteiger partial charge in [0.25, 0.3) is 0 Å². The predicted octanol–water partition coefficient (Wildman–Crippen LogP) is 4.05. The van der Waals surface area contributed by atoms with Crippen LogP contribution in [-0.4, -0.2) is 17.5 Å². The molecule has 4 nitrogen and oxygen atoms in total. The van der Waals surface area contributed by atoms with E-state index in [2.05, 4.69) is 0 Å². The van der Waals surface area contributed by atoms with Crippen LogP contribution in [0.4, 0.5) is 0 Å². The molecule has 126 valence electrons. The van der Waals surface area contributed by atoms with E-state index in [4.69, 9.17) is 9.47 Å². The molecular formula is C19H26O4. The maximum absolute atomic E-state index is 12.1. The van der Waals surface area contributed by atoms with Crippen molar-refractivity contribution in [2.75, 3.05) is 0 Å². The summed E-state index contributed by atoms with van der Waals surface area (Å²) in [6.45, 7) is 7.45. The molecular weight excluding hydrogens is 292 g/mol. The molecule has 0 aromatic heterocycles. The first-order valence-electron chi connectivity index (χ1n) is 8.22. The van der Waals surface area contributed by atoms with Crippen LogP contribution in [-0.2, 0) is 19.1 Å². The zero-order valence-corrected chi connectivity index (χ0v) is 14.4. The van der Waals surface area contributed by atoms with Crippen molar-refractivity contribution in [3.63, 3.8) is 0 Å². The van der Waals surface area contributed by atoms with Gasteiger partial charge in [0.2, 0.25) is 0 Å². The number of esters is 2. The highest BCUT2D eigenvalue weighted by Gasteiger charge is 2.38. The lowest BCUT2D eigenvalue weighted by molar-refractivity contribution is -0.163. The van der Waals surface area contributed by atoms with Crippen LogP contribution >= 0.6 is 0 Å². The normalized spacial score (nSPS) is 21.9. The summed E-state index contributed by atoms with van der Waals surface area (Å²) in [5.74, 6) is -0.211. The van der Waals surface area contributed by atoms with Gasteiger partial charge in [-0.05, 0) is 52.0 Å². The first kappa shape index (κ1) is 17.5. The van der Waals surface area contributed by atoms with Gasteiger partial charge in [-0.1, -0.05) is 30.3 Å². The molecule has 0 aliphatic heterocycles. The van der Waals surface area contributed by atoms with E-state index in [0.717, 1.165) is 5.56 Å². The highest BCUT2D eigenvalue weighted by molar-refractivity contribution is 5.75. The lowest BCUT2D eigenvalue weighted by Gasteiger charge is -2.34. The van der Waals surface area contributed by atoms with Crippen molar-refractivity contribution in [2.24, 2.45) is 11.8 Å². The van der Waals surface area contributed by atoms with Crippen LogP contribution in [0.1, 0.15) is 58.6 Å². The van der Waals surface area contributed by atoms with Crippen LogP contribution in [0, 0.1) is 11.8 Å². The largest absolute Gasteiger partial charge is 0.460 e. The van der Waals surface area contributed by atoms with Gasteiger partial charge in [-0.2, -0.15) is 0 Å². The second-order valence-electron chi connectivity index (χ2n) is 7.31. The number of carbonyl (C=O) groups excluding carboxylic acids is 2. The zero-order valence-electron chi connectivity index (χ0n) is 14.4. The van der Waals surface area contributed by atoms with Gasteiger partial charge < -0.3 is 9.47 Å². The molecule has 1 saturated carbocycles. The van der Waals surface area contributed by atoms with Gasteiger partial charge in [-0.3, -0.25) is 9.59 Å². The molecule has 0 N–H and O–H groups in total. The minimum atomic E-state index is -0.454. The van der Waals surface area contributed by atoms with Crippen molar-refractivity contribution in [3.8, 4) is 0 Å². The molecule has 1 aromatic rings. The molecule has 0 unspecified atom stereocenters. The topological polar surface area (TPSA) is 52.6 Å². The molecule has 0 radical (unpaired) electrons. The van der Waals surface area contributed by atoms with Gasteiger partial charge in [0.05, 0.1) is 5.92 Å². The van der Waals surface area contributed by atoms with Gasteiger partial charge in [-0.15, -0.1) is 0 Å². The van der Waals surface area contributed by atoms with Gasteiger partial charge in [-0.25, -0.2) is 0 Å². The Labute approximate surface area is 138 Å². The fourth-order valence-corrected chi connectivity index (χ4v) is 2.78. The maximum atomic E-state index is 12.1. The Balaban J connectivity index is 1.72. The number of benzene rings is 1. The zero-order chi connectivity index (χ0) is 17.0. The van der Waals surface area contributed by atoms with E-state index in [1.807, 2.05) is 58.0 Å². The van der Waals surface area contributed by atoms with E-state index < -0.39 is 5.60 Å². The quantitative estimate of drug-likeness (QED) is 0.769. The molecule has 2 rings (SSSR count). The summed E-state index contributed by atoms with van der Waals surface area (Å²) < 4.78 is 10.8. The standard InChI is InChI=1S/C19H26O4/c1-13(15-8-6-5-7-9-15)22-18(21)16-10-14(11-16)12-17(20)23-19(2,3)4/h5-9,13-14,16H,10-12H2,1-4H3/t13-,14-,16-/m0/s1. The number of hydrogen-bond acceptors (Lipinski definition) is 4. The molecule has 1 atom stereocenters. The van der Waals surface area contributed by atoms with Crippen LogP contribution in [0.25, 0.3) is 0 Å². The molecule has 0 bridgehead atoms. The summed E-state index contributed by atoms with van der Waals surface area (Å²) in [6.07, 6.45) is 1.56. The minimum Gasteiger partial charge on any atom is -0.460 e. The van der Waals surface area contributed by atoms with Crippen molar-refractivity contribution in [1.82, 2.24) is 0 Å². The Morgan fingerprint density at radius 3 is 2.35 bits per heavy atom. The van der Waals surface area contributed by atoms with E-state index >= 15 is 0 Å². The molecule has 0 saturated heterocycles. The average molecular weight is 318 g/mol. The van der Waals surface area contributed by atoms with Crippen molar-refractivity contribution in [2.45, 2.75) is 58.7 Å². The van der Waals surface area contributed by atoms with Crippen molar-refractivity contribution < 1.29 is 19.1 Å². The number of hydrogen-bond donors (Lipinski definition) is 0. The third kappa shape index (κ3) is 5.38. The second kappa shape index (κ2) is 7.16. The van der Waals surface area contributed by atoms with Crippen LogP contribution in [0.2, 0.25) is 0 Å². The molecule has 1 aromatic carbocycles. The fraction of sp³-hybridized carbons (Fsp3) is 0.579. The summed E-state index contributed by atoms with van der Waals surface area (Å²) >= 11 is 0. The Hall–Kier alpha value is -1.84. The van der Waals surface area contributed by atoms with Crippen molar-refractivity contribution in [3.05, 3.63) is 35.9 Å². The molecule has 0 amide bonds. The Kier molecular flexibility index (Phi) is 5.45. The summed E-state index contributed by atoms with van der Waals surface area (Å²) in [5.41, 5.74) is 0.537. The van der Waals surface area contributed by atoms with Gasteiger partial charge in [0.1, 0.15) is 11.7 Å². The SMILES string of the molecule is C[C@H](OC(=O)[C@H]1C[C@H](CC(=O)OC(C)(C)C)C1)c1ccccc1. The molecule has 1 aliphatic carbocycles. The molecule has 1 aliphatic rings. The van der Waals surface area contributed by atoms with Gasteiger partial charge in [0.15, 0.2) is 0 Å². The number of ether oxygens (including phenoxy) is 2. The molecule has 0 spiro atoms. The molecule has 0 heterocycles. The summed E-state index contributed by atoms with van der Waals surface area (Å²) in [6, 6.07) is 9.69. The Morgan fingerprint density at radius 1 is 1.17 bits per heavy atom. The lowest BCUT2D eigenvalue weighted by atomic mass is 9.73. The van der Waals surface area contributed by atoms with Crippen LogP contribution in [0.3, 0.4) is 0 Å². The summed E-state index contributed by atoms with van der Waals surface area (Å²) in [5, 5.41) is 0. The maximum Gasteiger partial charge on any atom is 0.309 e. The minimum absolute atomic E-state index is 0.0893. The highest BCUT2D eigenvalue weighted by Crippen LogP contribution is 2.38. The third-order valence-corrected chi connectivity index (χ3v) is 4.01. The third-order valence-electron chi connectivity index (χ3n) is 4.01. The van der Waals surface area contributed by atoms with E-state index in [1.165, 1.54) is 0 Å². The van der Waals surface area contributed by atoms with E-state index in [-0.39, 0.29) is 29.9 Å². The van der Waals surface area contributed by atoms with Crippen LogP contribution < -0.4 is 0 Å². The Morgan fingerprint density at radius 2 is 1.78 bits per heavy atom. The van der Waals surface area contributed by atoms with Gasteiger partial charge in [0, 0.05) is 6.42 Å². The van der Waals surface area contributed by atoms with Crippen LogP contribution in [0.5, 0.6) is 0 Å². The first-order chi connectivity index (χ1) is 10.7. The Bertz CT molecular complexity index is 538. The highest BCUT2D eigenvalue weighted by atomic mass is 16.6. The molecule has 23 heavy (non-hydrogen) atoms. The van der Waals surface area contributed by atoms with E-state index in [1.54, 1.807) is 0 Å². The van der Waals surface area contributed by atoms with E-state index in [9.17, 15) is 9.59 Å². The summed E-state index contributed by atoms with van der Waals surface area (Å²) in [7, 11) is 0. The molecule has 1 fully saturated rings. The van der Waals surface area contributed by atoms with Crippen molar-refractivity contribution in [1.29, 1.82) is 0 Å². The molecule has 4 heteroatoms.